The lowest BCUT2D eigenvalue weighted by molar-refractivity contribution is -0.173. The molecule has 7 heteroatoms. The van der Waals surface area contributed by atoms with Crippen LogP contribution in [-0.4, -0.2) is 28.9 Å². The van der Waals surface area contributed by atoms with E-state index in [2.05, 4.69) is 46.0 Å². The molecule has 1 unspecified atom stereocenters. The van der Waals surface area contributed by atoms with E-state index >= 15 is 0 Å². The van der Waals surface area contributed by atoms with Crippen molar-refractivity contribution in [1.29, 1.82) is 5.26 Å². The molecule has 4 fully saturated rings. The highest BCUT2D eigenvalue weighted by Crippen LogP contribution is 2.74. The van der Waals surface area contributed by atoms with Gasteiger partial charge in [-0.05, 0) is 90.9 Å². The van der Waals surface area contributed by atoms with E-state index in [0.29, 0.717) is 39.0 Å². The zero-order chi connectivity index (χ0) is 29.9. The smallest absolute Gasteiger partial charge is 0.321 e. The number of nitrogens with zero attached hydrogens (tertiary/aromatic N) is 1. The van der Waals surface area contributed by atoms with E-state index in [1.165, 1.54) is 0 Å². The van der Waals surface area contributed by atoms with Gasteiger partial charge in [0.25, 0.3) is 5.91 Å². The molecular formula is C33H46F2N2O3. The molecule has 0 spiro atoms. The monoisotopic (exact) mass is 556 g/mol. The Morgan fingerprint density at radius 1 is 1.00 bits per heavy atom. The second-order valence-corrected chi connectivity index (χ2v) is 16.1. The Labute approximate surface area is 237 Å². The molecule has 0 aromatic carbocycles. The number of alkyl halides is 2. The number of carbonyl (C=O) groups is 3. The second kappa shape index (κ2) is 8.48. The number of halogens is 2. The highest BCUT2D eigenvalue weighted by Gasteiger charge is 2.71. The third-order valence-electron chi connectivity index (χ3n) is 13.0. The predicted molar refractivity (Wildman–Crippen MR) is 148 cm³/mol. The first kappa shape index (κ1) is 29.4. The molecule has 40 heavy (non-hydrogen) atoms. The molecule has 0 heterocycles. The van der Waals surface area contributed by atoms with Crippen LogP contribution in [0.2, 0.25) is 0 Å². The number of nitrogens with one attached hydrogen (secondary N) is 1. The lowest BCUT2D eigenvalue weighted by atomic mass is 9.34. The van der Waals surface area contributed by atoms with Gasteiger partial charge in [0, 0.05) is 23.8 Å². The number of fused-ring (bicyclic) bond motifs is 7. The molecule has 0 radical (unpaired) electrons. The van der Waals surface area contributed by atoms with Crippen molar-refractivity contribution in [2.45, 2.75) is 118 Å². The maximum absolute atomic E-state index is 14.4. The molecule has 4 saturated carbocycles. The summed E-state index contributed by atoms with van der Waals surface area (Å²) in [5.74, 6) is -6.03. The summed E-state index contributed by atoms with van der Waals surface area (Å²) >= 11 is 0. The molecule has 5 rings (SSSR count). The number of hydrogen-bond donors (Lipinski definition) is 1. The largest absolute Gasteiger partial charge is 0.345 e. The summed E-state index contributed by atoms with van der Waals surface area (Å²) in [6.07, 6.45) is 7.20. The summed E-state index contributed by atoms with van der Waals surface area (Å²) in [7, 11) is 0. The fourth-order valence-corrected chi connectivity index (χ4v) is 10.7. The minimum Gasteiger partial charge on any atom is -0.345 e. The Morgan fingerprint density at radius 2 is 1.62 bits per heavy atom. The standard InChI is InChI=1S/C33H46F2N2O3/c1-27(2)11-13-33(37-26(40)32(8,34)35)14-12-31(7)24(20(33)17-27)21(38)15-23-29(5)16-19(18-36)25(39)28(3,4)22(29)9-10-30(23,31)6/h15,19-20,22,24H,9-14,16-17H2,1-8H3,(H,37,40)/t19?,20-,22-,24-,29-,30+,31+,33-/m0/s1. The van der Waals surface area contributed by atoms with Gasteiger partial charge >= 0.3 is 5.92 Å². The van der Waals surface area contributed by atoms with Crippen LogP contribution in [0.1, 0.15) is 107 Å². The summed E-state index contributed by atoms with van der Waals surface area (Å²) in [6, 6.07) is 2.27. The molecule has 5 aliphatic carbocycles. The number of nitriles is 1. The Bertz CT molecular complexity index is 1240. The van der Waals surface area contributed by atoms with Gasteiger partial charge in [-0.3, -0.25) is 14.4 Å². The van der Waals surface area contributed by atoms with E-state index in [-0.39, 0.29) is 34.2 Å². The highest BCUT2D eigenvalue weighted by molar-refractivity contribution is 5.96. The van der Waals surface area contributed by atoms with Crippen LogP contribution in [0.5, 0.6) is 0 Å². The lowest BCUT2D eigenvalue weighted by Crippen LogP contribution is -2.70. The van der Waals surface area contributed by atoms with Gasteiger partial charge in [0.15, 0.2) is 11.6 Å². The normalized spacial score (nSPS) is 45.6. The van der Waals surface area contributed by atoms with Gasteiger partial charge in [0.2, 0.25) is 0 Å². The fourth-order valence-electron chi connectivity index (χ4n) is 10.7. The summed E-state index contributed by atoms with van der Waals surface area (Å²) in [4.78, 5) is 40.4. The highest BCUT2D eigenvalue weighted by atomic mass is 19.3. The number of rotatable bonds is 2. The van der Waals surface area contributed by atoms with Crippen LogP contribution < -0.4 is 5.32 Å². The molecule has 0 aromatic rings. The number of amides is 1. The number of Topliss-reactive ketones (excluding diaryl/α,β-unsaturated/α-hetero) is 1. The van der Waals surface area contributed by atoms with Gasteiger partial charge in [-0.15, -0.1) is 0 Å². The molecule has 5 nitrogen and oxygen atoms in total. The third kappa shape index (κ3) is 3.76. The summed E-state index contributed by atoms with van der Waals surface area (Å²) in [6.45, 7) is 15.6. The van der Waals surface area contributed by atoms with Crippen LogP contribution in [0.25, 0.3) is 0 Å². The average molecular weight is 557 g/mol. The van der Waals surface area contributed by atoms with E-state index < -0.39 is 45.4 Å². The van der Waals surface area contributed by atoms with E-state index in [1.807, 2.05) is 19.9 Å². The van der Waals surface area contributed by atoms with Gasteiger partial charge < -0.3 is 5.32 Å². The summed E-state index contributed by atoms with van der Waals surface area (Å²) in [5, 5.41) is 12.8. The van der Waals surface area contributed by atoms with Gasteiger partial charge in [0.05, 0.1) is 6.07 Å². The van der Waals surface area contributed by atoms with Crippen LogP contribution >= 0.6 is 0 Å². The number of hydrogen-bond acceptors (Lipinski definition) is 4. The second-order valence-electron chi connectivity index (χ2n) is 16.1. The zero-order valence-electron chi connectivity index (χ0n) is 25.5. The van der Waals surface area contributed by atoms with Gasteiger partial charge in [-0.2, -0.15) is 14.0 Å². The molecule has 5 aliphatic rings. The first-order valence-electron chi connectivity index (χ1n) is 15.1. The molecule has 220 valence electrons. The molecule has 1 N–H and O–H groups in total. The molecule has 0 saturated heterocycles. The maximum Gasteiger partial charge on any atom is 0.321 e. The van der Waals surface area contributed by atoms with Gasteiger partial charge in [-0.25, -0.2) is 0 Å². The molecule has 0 aromatic heterocycles. The van der Waals surface area contributed by atoms with Crippen molar-refractivity contribution >= 4 is 17.5 Å². The lowest BCUT2D eigenvalue weighted by Gasteiger charge is -2.70. The average Bonchev–Trinajstić information content (AvgIpc) is 2.83. The molecule has 0 aliphatic heterocycles. The molecule has 1 amide bonds. The van der Waals surface area contributed by atoms with Crippen molar-refractivity contribution in [2.24, 2.45) is 50.7 Å². The zero-order valence-corrected chi connectivity index (χ0v) is 25.5. The van der Waals surface area contributed by atoms with E-state index in [0.717, 1.165) is 24.8 Å². The fraction of sp³-hybridized carbons (Fsp3) is 0.818. The van der Waals surface area contributed by atoms with Crippen molar-refractivity contribution in [1.82, 2.24) is 5.32 Å². The maximum atomic E-state index is 14.4. The Balaban J connectivity index is 1.64. The van der Waals surface area contributed by atoms with Crippen molar-refractivity contribution < 1.29 is 23.2 Å². The minimum absolute atomic E-state index is 0.00302. The van der Waals surface area contributed by atoms with Crippen molar-refractivity contribution in [3.05, 3.63) is 11.6 Å². The topological polar surface area (TPSA) is 87.0 Å². The van der Waals surface area contributed by atoms with Crippen LogP contribution in [0.4, 0.5) is 8.78 Å². The van der Waals surface area contributed by atoms with Crippen molar-refractivity contribution in [2.75, 3.05) is 0 Å². The van der Waals surface area contributed by atoms with Crippen LogP contribution in [0.15, 0.2) is 11.6 Å². The van der Waals surface area contributed by atoms with Crippen molar-refractivity contribution in [3.8, 4) is 6.07 Å². The summed E-state index contributed by atoms with van der Waals surface area (Å²) < 4.78 is 28.3. The van der Waals surface area contributed by atoms with Crippen LogP contribution in [-0.2, 0) is 14.4 Å². The van der Waals surface area contributed by atoms with Gasteiger partial charge in [0.1, 0.15) is 5.92 Å². The quantitative estimate of drug-likeness (QED) is 0.405. The van der Waals surface area contributed by atoms with Crippen LogP contribution in [0.3, 0.4) is 0 Å². The SMILES string of the molecule is CC1(C)CC[C@]2(NC(=O)C(C)(F)F)CC[C@]3(C)[C@H](C(=O)C=C4[C@@]5(C)CC(C#N)C(=O)C(C)(C)[C@@H]5CC[C@]43C)[C@@H]2C1. The summed E-state index contributed by atoms with van der Waals surface area (Å²) in [5.41, 5.74) is -1.74. The van der Waals surface area contributed by atoms with Crippen molar-refractivity contribution in [3.63, 3.8) is 0 Å². The molecular weight excluding hydrogens is 510 g/mol. The Morgan fingerprint density at radius 3 is 2.23 bits per heavy atom. The number of ketones is 2. The van der Waals surface area contributed by atoms with E-state index in [4.69, 9.17) is 0 Å². The van der Waals surface area contributed by atoms with E-state index in [9.17, 15) is 28.4 Å². The number of allylic oxidation sites excluding steroid dienone is 2. The first-order valence-corrected chi connectivity index (χ1v) is 15.1. The minimum atomic E-state index is -3.49. The Hall–Kier alpha value is -2.10. The Kier molecular flexibility index (Phi) is 6.23. The number of carbonyl (C=O) groups excluding carboxylic acids is 3. The van der Waals surface area contributed by atoms with Crippen LogP contribution in [0, 0.1) is 62.1 Å². The van der Waals surface area contributed by atoms with E-state index in [1.54, 1.807) is 0 Å². The first-order chi connectivity index (χ1) is 18.2. The molecule has 8 atom stereocenters. The van der Waals surface area contributed by atoms with Gasteiger partial charge in [-0.1, -0.05) is 54.0 Å². The predicted octanol–water partition coefficient (Wildman–Crippen LogP) is 6.81. The third-order valence-corrected chi connectivity index (χ3v) is 13.0. The molecule has 0 bridgehead atoms.